The third-order valence-electron chi connectivity index (χ3n) is 3.04. The Morgan fingerprint density at radius 2 is 2.18 bits per heavy atom. The molecule has 0 amide bonds. The summed E-state index contributed by atoms with van der Waals surface area (Å²) >= 11 is 0. The summed E-state index contributed by atoms with van der Waals surface area (Å²) in [5.74, 6) is 0.194. The van der Waals surface area contributed by atoms with E-state index >= 15 is 0 Å². The molecule has 1 heterocycles. The van der Waals surface area contributed by atoms with Crippen LogP contribution in [0.4, 0.5) is 0 Å². The summed E-state index contributed by atoms with van der Waals surface area (Å²) in [4.78, 5) is 11.1. The first-order valence-corrected chi connectivity index (χ1v) is 3.90. The highest BCUT2D eigenvalue weighted by Crippen LogP contribution is 2.56. The van der Waals surface area contributed by atoms with Gasteiger partial charge in [0, 0.05) is 6.42 Å². The minimum atomic E-state index is -0.192. The molecule has 0 spiro atoms. The van der Waals surface area contributed by atoms with Gasteiger partial charge < -0.3 is 4.74 Å². The zero-order valence-electron chi connectivity index (χ0n) is 7.10. The highest BCUT2D eigenvalue weighted by molar-refractivity contribution is 5.93. The molecule has 0 bridgehead atoms. The van der Waals surface area contributed by atoms with E-state index in [0.29, 0.717) is 6.42 Å². The van der Waals surface area contributed by atoms with Crippen LogP contribution in [0.5, 0.6) is 0 Å². The largest absolute Gasteiger partial charge is 0.358 e. The normalized spacial score (nSPS) is 48.3. The molecular formula is C9H12O2. The fraction of sp³-hybridized carbons (Fsp3) is 0.667. The molecule has 2 aliphatic rings. The molecule has 2 nitrogen and oxygen atoms in total. The third kappa shape index (κ3) is 0.679. The number of allylic oxidation sites excluding steroid dienone is 1. The Balaban J connectivity index is 2.43. The predicted molar refractivity (Wildman–Crippen MR) is 41.3 cm³/mol. The van der Waals surface area contributed by atoms with Gasteiger partial charge in [0.15, 0.2) is 5.78 Å². The molecule has 2 rings (SSSR count). The maximum absolute atomic E-state index is 11.1. The molecular weight excluding hydrogens is 140 g/mol. The van der Waals surface area contributed by atoms with Gasteiger partial charge in [-0.1, -0.05) is 0 Å². The number of carbonyl (C=O) groups is 1. The lowest BCUT2D eigenvalue weighted by atomic mass is 9.81. The van der Waals surface area contributed by atoms with Crippen LogP contribution in [0.1, 0.15) is 27.2 Å². The third-order valence-corrected chi connectivity index (χ3v) is 3.04. The zero-order chi connectivity index (χ0) is 8.28. The topological polar surface area (TPSA) is 29.6 Å². The smallest absolute Gasteiger partial charge is 0.158 e. The monoisotopic (exact) mass is 152 g/mol. The van der Waals surface area contributed by atoms with Crippen molar-refractivity contribution in [1.82, 2.24) is 0 Å². The maximum Gasteiger partial charge on any atom is 0.158 e. The average molecular weight is 152 g/mol. The molecule has 0 aromatic heterocycles. The number of hydrogen-bond donors (Lipinski definition) is 0. The number of ketones is 1. The van der Waals surface area contributed by atoms with Crippen LogP contribution >= 0.6 is 0 Å². The molecule has 0 unspecified atom stereocenters. The van der Waals surface area contributed by atoms with Crippen LogP contribution in [0.15, 0.2) is 11.6 Å². The van der Waals surface area contributed by atoms with Crippen molar-refractivity contribution in [3.8, 4) is 0 Å². The zero-order valence-corrected chi connectivity index (χ0v) is 7.10. The first kappa shape index (κ1) is 7.04. The summed E-state index contributed by atoms with van der Waals surface area (Å²) in [6.45, 7) is 6.01. The van der Waals surface area contributed by atoms with Crippen molar-refractivity contribution in [2.45, 2.75) is 38.4 Å². The van der Waals surface area contributed by atoms with Crippen LogP contribution in [0.3, 0.4) is 0 Å². The van der Waals surface area contributed by atoms with Crippen molar-refractivity contribution in [2.75, 3.05) is 0 Å². The van der Waals surface area contributed by atoms with Gasteiger partial charge >= 0.3 is 0 Å². The van der Waals surface area contributed by atoms with E-state index in [0.717, 1.165) is 5.57 Å². The summed E-state index contributed by atoms with van der Waals surface area (Å²) in [6.07, 6.45) is 2.25. The molecule has 1 fully saturated rings. The second-order valence-corrected chi connectivity index (χ2v) is 3.84. The van der Waals surface area contributed by atoms with Crippen LogP contribution in [-0.2, 0) is 9.53 Å². The lowest BCUT2D eigenvalue weighted by Gasteiger charge is -2.16. The van der Waals surface area contributed by atoms with E-state index in [1.807, 2.05) is 20.8 Å². The lowest BCUT2D eigenvalue weighted by molar-refractivity contribution is -0.115. The number of ether oxygens (including phenoxy) is 1. The summed E-state index contributed by atoms with van der Waals surface area (Å²) < 4.78 is 5.55. The van der Waals surface area contributed by atoms with Gasteiger partial charge in [-0.2, -0.15) is 0 Å². The Bertz CT molecular complexity index is 267. The standard InChI is InChI=1S/C9H12O2/c1-6-4-7(10)5-8(2)9(6,3)11-8/h4H,5H2,1-3H3/t8-,9+/m0/s1. The fourth-order valence-corrected chi connectivity index (χ4v) is 1.89. The quantitative estimate of drug-likeness (QED) is 0.492. The van der Waals surface area contributed by atoms with Gasteiger partial charge in [-0.05, 0) is 32.4 Å². The summed E-state index contributed by atoms with van der Waals surface area (Å²) in [5.41, 5.74) is 0.736. The highest BCUT2D eigenvalue weighted by atomic mass is 16.6. The molecule has 1 aliphatic heterocycles. The van der Waals surface area contributed by atoms with Gasteiger partial charge in [0.05, 0.1) is 0 Å². The molecule has 1 aliphatic carbocycles. The van der Waals surface area contributed by atoms with Gasteiger partial charge in [0.1, 0.15) is 11.2 Å². The number of carbonyl (C=O) groups excluding carboxylic acids is 1. The Morgan fingerprint density at radius 3 is 2.73 bits per heavy atom. The van der Waals surface area contributed by atoms with Crippen LogP contribution in [0.25, 0.3) is 0 Å². The van der Waals surface area contributed by atoms with Gasteiger partial charge in [-0.15, -0.1) is 0 Å². The van der Waals surface area contributed by atoms with Crippen molar-refractivity contribution in [3.05, 3.63) is 11.6 Å². The van der Waals surface area contributed by atoms with Gasteiger partial charge in [0.2, 0.25) is 0 Å². The molecule has 0 aromatic rings. The Morgan fingerprint density at radius 1 is 1.55 bits per heavy atom. The van der Waals surface area contributed by atoms with E-state index in [1.165, 1.54) is 0 Å². The van der Waals surface area contributed by atoms with E-state index in [9.17, 15) is 4.79 Å². The van der Waals surface area contributed by atoms with Gasteiger partial charge in [-0.3, -0.25) is 4.79 Å². The molecule has 2 atom stereocenters. The highest BCUT2D eigenvalue weighted by Gasteiger charge is 2.66. The number of epoxide rings is 1. The van der Waals surface area contributed by atoms with E-state index < -0.39 is 0 Å². The second kappa shape index (κ2) is 1.58. The molecule has 1 saturated heterocycles. The van der Waals surface area contributed by atoms with Crippen molar-refractivity contribution >= 4 is 5.78 Å². The number of fused-ring (bicyclic) bond motifs is 1. The second-order valence-electron chi connectivity index (χ2n) is 3.84. The molecule has 0 saturated carbocycles. The maximum atomic E-state index is 11.1. The van der Waals surface area contributed by atoms with Crippen molar-refractivity contribution in [3.63, 3.8) is 0 Å². The van der Waals surface area contributed by atoms with Crippen LogP contribution in [0, 0.1) is 0 Å². The van der Waals surface area contributed by atoms with Crippen molar-refractivity contribution in [1.29, 1.82) is 0 Å². The molecule has 0 aromatic carbocycles. The Kier molecular flexibility index (Phi) is 1.01. The Labute approximate surface area is 66.2 Å². The first-order valence-electron chi connectivity index (χ1n) is 3.90. The summed E-state index contributed by atoms with van der Waals surface area (Å²) in [5, 5.41) is 0. The molecule has 0 N–H and O–H groups in total. The van der Waals surface area contributed by atoms with Crippen LogP contribution in [0.2, 0.25) is 0 Å². The van der Waals surface area contributed by atoms with Crippen LogP contribution < -0.4 is 0 Å². The molecule has 0 radical (unpaired) electrons. The summed E-state index contributed by atoms with van der Waals surface area (Å²) in [6, 6.07) is 0. The fourth-order valence-electron chi connectivity index (χ4n) is 1.89. The predicted octanol–water partition coefficient (Wildman–Crippen LogP) is 1.45. The minimum absolute atomic E-state index is 0.138. The molecule has 11 heavy (non-hydrogen) atoms. The average Bonchev–Trinajstić information content (AvgIpc) is 2.34. The number of hydrogen-bond acceptors (Lipinski definition) is 2. The lowest BCUT2D eigenvalue weighted by Crippen LogP contribution is -2.28. The number of rotatable bonds is 0. The van der Waals surface area contributed by atoms with E-state index in [-0.39, 0.29) is 17.0 Å². The Hall–Kier alpha value is -0.630. The van der Waals surface area contributed by atoms with Crippen molar-refractivity contribution < 1.29 is 9.53 Å². The van der Waals surface area contributed by atoms with Gasteiger partial charge in [0.25, 0.3) is 0 Å². The van der Waals surface area contributed by atoms with Crippen LogP contribution in [-0.4, -0.2) is 17.0 Å². The van der Waals surface area contributed by atoms with E-state index in [1.54, 1.807) is 6.08 Å². The molecule has 2 heteroatoms. The first-order chi connectivity index (χ1) is 4.98. The molecule has 60 valence electrons. The minimum Gasteiger partial charge on any atom is -0.358 e. The van der Waals surface area contributed by atoms with E-state index in [4.69, 9.17) is 4.74 Å². The van der Waals surface area contributed by atoms with Gasteiger partial charge in [-0.25, -0.2) is 0 Å². The SMILES string of the molecule is CC1=CC(=O)C[C@]2(C)O[C@]12C. The van der Waals surface area contributed by atoms with Crippen molar-refractivity contribution in [2.24, 2.45) is 0 Å². The van der Waals surface area contributed by atoms with E-state index in [2.05, 4.69) is 0 Å². The summed E-state index contributed by atoms with van der Waals surface area (Å²) in [7, 11) is 0.